The number of hydrogen-bond donors (Lipinski definition) is 3. The molecule has 11 heteroatoms. The Hall–Kier alpha value is -2.62. The average Bonchev–Trinajstić information content (AvgIpc) is 2.69. The van der Waals surface area contributed by atoms with Gasteiger partial charge in [-0.15, -0.1) is 0 Å². The molecule has 0 aliphatic heterocycles. The average molecular weight is 431 g/mol. The van der Waals surface area contributed by atoms with Crippen LogP contribution in [0.1, 0.15) is 47.9 Å². The maximum Gasteiger partial charge on any atom is 0.391 e. The van der Waals surface area contributed by atoms with Gasteiger partial charge < -0.3 is 11.1 Å². The standard InChI is InChI=1S/C18H19ClF3N5O2/c1-24-16-13(19)17(29)26-15(9-2-4-10(5-3-9)18(20,21)22)27(16)11-6-7-12(14(23)28)25-8-11/h6-10H,2-5H2,1H3,(H3,23,24,28,29)/p+1. The van der Waals surface area contributed by atoms with Crippen LogP contribution in [0.2, 0.25) is 5.02 Å². The zero-order valence-electron chi connectivity index (χ0n) is 15.5. The fraction of sp³-hybridized carbons (Fsp3) is 0.444. The van der Waals surface area contributed by atoms with Crippen molar-refractivity contribution in [3.05, 3.63) is 45.2 Å². The maximum absolute atomic E-state index is 13.0. The normalized spacial score (nSPS) is 19.8. The first-order valence-electron chi connectivity index (χ1n) is 9.02. The van der Waals surface area contributed by atoms with Gasteiger partial charge in [-0.1, -0.05) is 11.6 Å². The first-order valence-corrected chi connectivity index (χ1v) is 9.39. The van der Waals surface area contributed by atoms with Crippen LogP contribution in [0.3, 0.4) is 0 Å². The maximum atomic E-state index is 13.0. The largest absolute Gasteiger partial charge is 0.391 e. The van der Waals surface area contributed by atoms with Crippen LogP contribution in [-0.4, -0.2) is 29.1 Å². The number of pyridine rings is 1. The number of hydrogen-bond acceptors (Lipinski definition) is 4. The predicted octanol–water partition coefficient (Wildman–Crippen LogP) is 2.68. The lowest BCUT2D eigenvalue weighted by Crippen LogP contribution is -2.45. The number of rotatable bonds is 4. The Morgan fingerprint density at radius 3 is 2.45 bits per heavy atom. The molecule has 1 aliphatic carbocycles. The number of nitrogens with one attached hydrogen (secondary N) is 2. The molecule has 1 saturated carbocycles. The highest BCUT2D eigenvalue weighted by atomic mass is 35.5. The van der Waals surface area contributed by atoms with Gasteiger partial charge in [0, 0.05) is 13.0 Å². The van der Waals surface area contributed by atoms with E-state index in [9.17, 15) is 22.8 Å². The summed E-state index contributed by atoms with van der Waals surface area (Å²) in [4.78, 5) is 30.3. The predicted molar refractivity (Wildman–Crippen MR) is 100 cm³/mol. The Balaban J connectivity index is 2.07. The molecule has 0 bridgehead atoms. The quantitative estimate of drug-likeness (QED) is 0.648. The van der Waals surface area contributed by atoms with E-state index < -0.39 is 23.6 Å². The van der Waals surface area contributed by atoms with Crippen LogP contribution in [0.4, 0.5) is 19.0 Å². The number of alkyl halides is 3. The van der Waals surface area contributed by atoms with Gasteiger partial charge in [0.1, 0.15) is 11.4 Å². The zero-order chi connectivity index (χ0) is 21.3. The van der Waals surface area contributed by atoms with Crippen molar-refractivity contribution in [3.63, 3.8) is 0 Å². The van der Waals surface area contributed by atoms with Crippen LogP contribution in [0.15, 0.2) is 23.1 Å². The number of primary amides is 1. The van der Waals surface area contributed by atoms with Gasteiger partial charge in [0.2, 0.25) is 5.82 Å². The third-order valence-electron chi connectivity index (χ3n) is 5.19. The summed E-state index contributed by atoms with van der Waals surface area (Å²) in [5.41, 5.74) is 5.21. The smallest absolute Gasteiger partial charge is 0.364 e. The molecule has 2 heterocycles. The molecule has 156 valence electrons. The number of halogens is 4. The summed E-state index contributed by atoms with van der Waals surface area (Å²) in [5, 5.41) is 2.77. The lowest BCUT2D eigenvalue weighted by atomic mass is 9.81. The van der Waals surface area contributed by atoms with Crippen molar-refractivity contribution in [1.29, 1.82) is 0 Å². The van der Waals surface area contributed by atoms with Crippen molar-refractivity contribution in [3.8, 4) is 5.69 Å². The van der Waals surface area contributed by atoms with Gasteiger partial charge in [-0.3, -0.25) is 4.79 Å². The summed E-state index contributed by atoms with van der Waals surface area (Å²) in [5.74, 6) is -1.64. The fourth-order valence-corrected chi connectivity index (χ4v) is 3.91. The van der Waals surface area contributed by atoms with Crippen molar-refractivity contribution in [2.24, 2.45) is 11.7 Å². The summed E-state index contributed by atoms with van der Waals surface area (Å²) in [6.45, 7) is 0. The molecule has 0 spiro atoms. The van der Waals surface area contributed by atoms with Crippen LogP contribution in [0.25, 0.3) is 5.69 Å². The van der Waals surface area contributed by atoms with E-state index in [1.54, 1.807) is 17.7 Å². The highest BCUT2D eigenvalue weighted by Crippen LogP contribution is 2.42. The van der Waals surface area contributed by atoms with Crippen LogP contribution < -0.4 is 21.2 Å². The molecule has 1 aliphatic rings. The highest BCUT2D eigenvalue weighted by molar-refractivity contribution is 6.32. The number of H-pyrrole nitrogens is 1. The Kier molecular flexibility index (Phi) is 5.83. The van der Waals surface area contributed by atoms with E-state index >= 15 is 0 Å². The summed E-state index contributed by atoms with van der Waals surface area (Å²) < 4.78 is 40.7. The SMILES string of the molecule is CNc1c(Cl)c(=O)[nH]c(C2CCC(C(F)(F)F)CC2)[n+]1-c1ccc(C(N)=O)nc1. The molecule has 29 heavy (non-hydrogen) atoms. The number of aromatic amines is 1. The molecule has 1 fully saturated rings. The van der Waals surface area contributed by atoms with Crippen LogP contribution >= 0.6 is 11.6 Å². The number of nitrogens with two attached hydrogens (primary N) is 1. The number of nitrogens with zero attached hydrogens (tertiary/aromatic N) is 2. The van der Waals surface area contributed by atoms with E-state index in [1.165, 1.54) is 12.3 Å². The molecular weight excluding hydrogens is 411 g/mol. The van der Waals surface area contributed by atoms with E-state index in [0.29, 0.717) is 11.5 Å². The van der Waals surface area contributed by atoms with Gasteiger partial charge in [-0.25, -0.2) is 14.8 Å². The summed E-state index contributed by atoms with van der Waals surface area (Å²) in [6.07, 6.45) is -2.35. The van der Waals surface area contributed by atoms with Crippen LogP contribution in [-0.2, 0) is 0 Å². The third kappa shape index (κ3) is 4.21. The molecule has 0 atom stereocenters. The minimum absolute atomic E-state index is 0.0213. The summed E-state index contributed by atoms with van der Waals surface area (Å²) in [6, 6.07) is 3.00. The molecular formula is C18H20ClF3N5O2+. The number of carbonyl (C=O) groups excluding carboxylic acids is 1. The topological polar surface area (TPSA) is 105 Å². The molecule has 1 amide bonds. The molecule has 3 rings (SSSR count). The molecule has 7 nitrogen and oxygen atoms in total. The molecule has 0 aromatic carbocycles. The monoisotopic (exact) mass is 430 g/mol. The van der Waals surface area contributed by atoms with Crippen molar-refractivity contribution < 1.29 is 22.5 Å². The zero-order valence-corrected chi connectivity index (χ0v) is 16.3. The van der Waals surface area contributed by atoms with E-state index in [0.717, 1.165) is 0 Å². The molecule has 4 N–H and O–H groups in total. The number of carbonyl (C=O) groups is 1. The molecule has 0 unspecified atom stereocenters. The van der Waals surface area contributed by atoms with Crippen LogP contribution in [0.5, 0.6) is 0 Å². The Morgan fingerprint density at radius 1 is 1.31 bits per heavy atom. The lowest BCUT2D eigenvalue weighted by molar-refractivity contribution is -0.595. The fourth-order valence-electron chi connectivity index (χ4n) is 3.69. The minimum atomic E-state index is -4.22. The van der Waals surface area contributed by atoms with Gasteiger partial charge in [-0.2, -0.15) is 17.7 Å². The third-order valence-corrected chi connectivity index (χ3v) is 5.54. The number of aromatic nitrogens is 3. The lowest BCUT2D eigenvalue weighted by Gasteiger charge is -2.29. The van der Waals surface area contributed by atoms with Crippen molar-refractivity contribution in [1.82, 2.24) is 9.97 Å². The van der Waals surface area contributed by atoms with Gasteiger partial charge >= 0.3 is 11.7 Å². The summed E-state index contributed by atoms with van der Waals surface area (Å²) in [7, 11) is 1.58. The van der Waals surface area contributed by atoms with E-state index in [4.69, 9.17) is 17.3 Å². The second-order valence-electron chi connectivity index (χ2n) is 6.94. The second kappa shape index (κ2) is 8.02. The Labute approximate surface area is 169 Å². The van der Waals surface area contributed by atoms with E-state index in [1.807, 2.05) is 0 Å². The van der Waals surface area contributed by atoms with E-state index in [2.05, 4.69) is 15.3 Å². The first-order chi connectivity index (χ1) is 13.6. The number of amides is 1. The molecule has 2 aromatic rings. The Morgan fingerprint density at radius 2 is 1.97 bits per heavy atom. The Bertz CT molecular complexity index is 967. The van der Waals surface area contributed by atoms with Gasteiger partial charge in [0.25, 0.3) is 11.7 Å². The molecule has 0 saturated heterocycles. The highest BCUT2D eigenvalue weighted by Gasteiger charge is 2.43. The van der Waals surface area contributed by atoms with Crippen molar-refractivity contribution in [2.45, 2.75) is 37.8 Å². The van der Waals surface area contributed by atoms with Crippen molar-refractivity contribution in [2.75, 3.05) is 12.4 Å². The second-order valence-corrected chi connectivity index (χ2v) is 7.32. The van der Waals surface area contributed by atoms with Gasteiger partial charge in [0.05, 0.1) is 12.1 Å². The van der Waals surface area contributed by atoms with E-state index in [-0.39, 0.29) is 48.1 Å². The van der Waals surface area contributed by atoms with Gasteiger partial charge in [0.15, 0.2) is 5.02 Å². The van der Waals surface area contributed by atoms with Crippen LogP contribution in [0, 0.1) is 5.92 Å². The number of anilines is 1. The molecule has 2 aromatic heterocycles. The van der Waals surface area contributed by atoms with Gasteiger partial charge in [-0.05, 0) is 37.8 Å². The first kappa shape index (κ1) is 21.1. The minimum Gasteiger partial charge on any atom is -0.364 e. The van der Waals surface area contributed by atoms with Crippen molar-refractivity contribution >= 4 is 23.3 Å². The molecule has 0 radical (unpaired) electrons. The summed E-state index contributed by atoms with van der Waals surface area (Å²) >= 11 is 6.15.